The first kappa shape index (κ1) is 16.4. The van der Waals surface area contributed by atoms with Crippen LogP contribution >= 0.6 is 0 Å². The lowest BCUT2D eigenvalue weighted by Crippen LogP contribution is -2.34. The van der Waals surface area contributed by atoms with Crippen LogP contribution in [0.1, 0.15) is 50.2 Å². The molecule has 112 valence electrons. The van der Waals surface area contributed by atoms with Crippen molar-refractivity contribution in [2.24, 2.45) is 11.8 Å². The van der Waals surface area contributed by atoms with Crippen LogP contribution in [0.15, 0.2) is 12.1 Å². The molecule has 0 aromatic carbocycles. The molecule has 0 radical (unpaired) electrons. The van der Waals surface area contributed by atoms with Crippen LogP contribution in [-0.4, -0.2) is 28.9 Å². The summed E-state index contributed by atoms with van der Waals surface area (Å²) < 4.78 is 0. The molecule has 1 aromatic rings. The van der Waals surface area contributed by atoms with Crippen molar-refractivity contribution in [2.75, 3.05) is 18.5 Å². The largest absolute Gasteiger partial charge is 0.339 e. The number of hydrogen-bond donors (Lipinski definition) is 2. The summed E-state index contributed by atoms with van der Waals surface area (Å²) in [5.41, 5.74) is 4.04. The normalized spacial score (nSPS) is 12.1. The first-order valence-electron chi connectivity index (χ1n) is 7.32. The van der Waals surface area contributed by atoms with Gasteiger partial charge in [0, 0.05) is 24.3 Å². The van der Waals surface area contributed by atoms with Gasteiger partial charge in [-0.3, -0.25) is 4.79 Å². The number of rotatable bonds is 7. The predicted molar refractivity (Wildman–Crippen MR) is 82.5 cm³/mol. The Morgan fingerprint density at radius 2 is 2.10 bits per heavy atom. The van der Waals surface area contributed by atoms with E-state index < -0.39 is 0 Å². The van der Waals surface area contributed by atoms with Gasteiger partial charge in [0.1, 0.15) is 5.82 Å². The van der Waals surface area contributed by atoms with Crippen LogP contribution < -0.4 is 11.3 Å². The van der Waals surface area contributed by atoms with E-state index >= 15 is 0 Å². The van der Waals surface area contributed by atoms with E-state index in [1.54, 1.807) is 6.07 Å². The van der Waals surface area contributed by atoms with Gasteiger partial charge in [0.15, 0.2) is 0 Å². The number of nitrogen functional groups attached to an aromatic ring is 1. The fourth-order valence-electron chi connectivity index (χ4n) is 2.01. The maximum atomic E-state index is 12.6. The Hall–Kier alpha value is -1.62. The molecule has 1 heterocycles. The third-order valence-corrected chi connectivity index (χ3v) is 3.53. The molecule has 3 N–H and O–H groups in total. The van der Waals surface area contributed by atoms with E-state index in [4.69, 9.17) is 5.84 Å². The third kappa shape index (κ3) is 4.20. The van der Waals surface area contributed by atoms with Crippen molar-refractivity contribution in [1.29, 1.82) is 0 Å². The second kappa shape index (κ2) is 7.85. The Morgan fingerprint density at radius 1 is 1.40 bits per heavy atom. The highest BCUT2D eigenvalue weighted by Gasteiger charge is 2.17. The maximum Gasteiger partial charge on any atom is 0.254 e. The van der Waals surface area contributed by atoms with E-state index in [2.05, 4.69) is 24.3 Å². The number of hydrazine groups is 1. The second-order valence-electron chi connectivity index (χ2n) is 5.09. The van der Waals surface area contributed by atoms with Crippen molar-refractivity contribution >= 4 is 11.7 Å². The molecule has 0 saturated heterocycles. The summed E-state index contributed by atoms with van der Waals surface area (Å²) in [6.45, 7) is 9.80. The summed E-state index contributed by atoms with van der Waals surface area (Å²) in [5, 5.41) is 0. The smallest absolute Gasteiger partial charge is 0.254 e. The Morgan fingerprint density at radius 3 is 2.60 bits per heavy atom. The molecule has 1 rings (SSSR count). The first-order chi connectivity index (χ1) is 9.55. The number of nitrogens with two attached hydrogens (primary N) is 1. The van der Waals surface area contributed by atoms with Gasteiger partial charge in [-0.2, -0.15) is 0 Å². The number of nitrogens with one attached hydrogen (secondary N) is 1. The van der Waals surface area contributed by atoms with Crippen LogP contribution in [0.25, 0.3) is 0 Å². The zero-order valence-electron chi connectivity index (χ0n) is 12.9. The number of hydrogen-bond acceptors (Lipinski definition) is 4. The SMILES string of the molecule is CCc1cc(C(=O)N(CC)CC(C)CC)cc(NN)n1. The lowest BCUT2D eigenvalue weighted by molar-refractivity contribution is 0.0740. The molecule has 0 saturated carbocycles. The highest BCUT2D eigenvalue weighted by atomic mass is 16.2. The Bertz CT molecular complexity index is 425. The predicted octanol–water partition coefficient (Wildman–Crippen LogP) is 2.44. The number of nitrogens with zero attached hydrogens (tertiary/aromatic N) is 2. The number of aromatic nitrogens is 1. The van der Waals surface area contributed by atoms with E-state index in [-0.39, 0.29) is 5.91 Å². The lowest BCUT2D eigenvalue weighted by Gasteiger charge is -2.24. The minimum Gasteiger partial charge on any atom is -0.339 e. The van der Waals surface area contributed by atoms with Gasteiger partial charge in [0.05, 0.1) is 0 Å². The van der Waals surface area contributed by atoms with E-state index in [9.17, 15) is 4.79 Å². The molecule has 0 aliphatic rings. The van der Waals surface area contributed by atoms with Crippen LogP contribution in [0.2, 0.25) is 0 Å². The van der Waals surface area contributed by atoms with Gasteiger partial charge in [-0.25, -0.2) is 10.8 Å². The maximum absolute atomic E-state index is 12.6. The van der Waals surface area contributed by atoms with Crippen molar-refractivity contribution in [3.05, 3.63) is 23.4 Å². The van der Waals surface area contributed by atoms with E-state index in [1.165, 1.54) is 0 Å². The van der Waals surface area contributed by atoms with Crippen molar-refractivity contribution < 1.29 is 4.79 Å². The van der Waals surface area contributed by atoms with Crippen LogP contribution in [0.4, 0.5) is 5.82 Å². The fourth-order valence-corrected chi connectivity index (χ4v) is 2.01. The van der Waals surface area contributed by atoms with Crippen LogP contribution in [-0.2, 0) is 6.42 Å². The van der Waals surface area contributed by atoms with Gasteiger partial charge in [-0.05, 0) is 31.4 Å². The average Bonchev–Trinajstić information content (AvgIpc) is 2.50. The van der Waals surface area contributed by atoms with Crippen molar-refractivity contribution in [1.82, 2.24) is 9.88 Å². The molecule has 20 heavy (non-hydrogen) atoms. The lowest BCUT2D eigenvalue weighted by atomic mass is 10.1. The zero-order chi connectivity index (χ0) is 15.1. The standard InChI is InChI=1S/C15H26N4O/c1-5-11(4)10-19(7-3)15(20)12-8-13(6-2)17-14(9-12)18-16/h8-9,11H,5-7,10,16H2,1-4H3,(H,17,18). The quantitative estimate of drug-likeness (QED) is 0.593. The van der Waals surface area contributed by atoms with Gasteiger partial charge >= 0.3 is 0 Å². The Labute approximate surface area is 121 Å². The minimum absolute atomic E-state index is 0.0430. The van der Waals surface area contributed by atoms with Gasteiger partial charge in [0.2, 0.25) is 0 Å². The summed E-state index contributed by atoms with van der Waals surface area (Å²) in [6, 6.07) is 3.56. The van der Waals surface area contributed by atoms with Gasteiger partial charge in [0.25, 0.3) is 5.91 Å². The summed E-state index contributed by atoms with van der Waals surface area (Å²) in [7, 11) is 0. The number of carbonyl (C=O) groups excluding carboxylic acids is 1. The molecule has 0 fully saturated rings. The molecule has 1 amide bonds. The molecule has 0 spiro atoms. The van der Waals surface area contributed by atoms with Crippen LogP contribution in [0.5, 0.6) is 0 Å². The molecule has 1 unspecified atom stereocenters. The molecule has 1 aromatic heterocycles. The van der Waals surface area contributed by atoms with E-state index in [1.807, 2.05) is 24.8 Å². The van der Waals surface area contributed by atoms with Gasteiger partial charge < -0.3 is 10.3 Å². The number of aryl methyl sites for hydroxylation is 1. The van der Waals surface area contributed by atoms with Crippen molar-refractivity contribution in [3.8, 4) is 0 Å². The summed E-state index contributed by atoms with van der Waals surface area (Å²) in [4.78, 5) is 18.8. The molecule has 0 aliphatic heterocycles. The van der Waals surface area contributed by atoms with E-state index in [0.717, 1.165) is 25.1 Å². The second-order valence-corrected chi connectivity index (χ2v) is 5.09. The fraction of sp³-hybridized carbons (Fsp3) is 0.600. The van der Waals surface area contributed by atoms with Gasteiger partial charge in [-0.1, -0.05) is 27.2 Å². The molecule has 5 nitrogen and oxygen atoms in total. The molecular formula is C15H26N4O. The number of carbonyl (C=O) groups is 1. The highest BCUT2D eigenvalue weighted by Crippen LogP contribution is 2.14. The van der Waals surface area contributed by atoms with Crippen LogP contribution in [0.3, 0.4) is 0 Å². The molecule has 0 bridgehead atoms. The first-order valence-corrected chi connectivity index (χ1v) is 7.32. The topological polar surface area (TPSA) is 71.2 Å². The molecule has 0 aliphatic carbocycles. The third-order valence-electron chi connectivity index (χ3n) is 3.53. The summed E-state index contributed by atoms with van der Waals surface area (Å²) >= 11 is 0. The Kier molecular flexibility index (Phi) is 6.45. The summed E-state index contributed by atoms with van der Waals surface area (Å²) in [5.74, 6) is 6.49. The molecule has 5 heteroatoms. The molecule has 1 atom stereocenters. The van der Waals surface area contributed by atoms with Crippen molar-refractivity contribution in [3.63, 3.8) is 0 Å². The Balaban J connectivity index is 2.99. The van der Waals surface area contributed by atoms with Crippen molar-refractivity contribution in [2.45, 2.75) is 40.5 Å². The van der Waals surface area contributed by atoms with Gasteiger partial charge in [-0.15, -0.1) is 0 Å². The minimum atomic E-state index is 0.0430. The van der Waals surface area contributed by atoms with Crippen LogP contribution in [0, 0.1) is 5.92 Å². The zero-order valence-corrected chi connectivity index (χ0v) is 12.9. The number of anilines is 1. The number of pyridine rings is 1. The number of amides is 1. The monoisotopic (exact) mass is 278 g/mol. The molecular weight excluding hydrogens is 252 g/mol. The summed E-state index contributed by atoms with van der Waals surface area (Å²) in [6.07, 6.45) is 1.84. The van der Waals surface area contributed by atoms with E-state index in [0.29, 0.717) is 23.8 Å². The highest BCUT2D eigenvalue weighted by molar-refractivity contribution is 5.95. The average molecular weight is 278 g/mol.